The number of amides is 1. The second-order valence-corrected chi connectivity index (χ2v) is 10.7. The minimum absolute atomic E-state index is 0.0368. The molecule has 2 unspecified atom stereocenters. The molecule has 1 aliphatic heterocycles. The van der Waals surface area contributed by atoms with Gasteiger partial charge in [-0.3, -0.25) is 19.3 Å². The first-order chi connectivity index (χ1) is 16.5. The van der Waals surface area contributed by atoms with Crippen molar-refractivity contribution in [3.63, 3.8) is 0 Å². The molecule has 2 aromatic heterocycles. The number of halogens is 1. The molecule has 8 nitrogen and oxygen atoms in total. The van der Waals surface area contributed by atoms with Crippen LogP contribution in [0.1, 0.15) is 53.4 Å². The van der Waals surface area contributed by atoms with Gasteiger partial charge in [0.05, 0.1) is 6.54 Å². The zero-order valence-corrected chi connectivity index (χ0v) is 20.9. The van der Waals surface area contributed by atoms with Crippen LogP contribution >= 0.6 is 11.3 Å². The van der Waals surface area contributed by atoms with Gasteiger partial charge in [-0.15, -0.1) is 11.3 Å². The predicted octanol–water partition coefficient (Wildman–Crippen LogP) is 4.03. The predicted molar refractivity (Wildman–Crippen MR) is 131 cm³/mol. The van der Waals surface area contributed by atoms with Crippen LogP contribution in [0.4, 0.5) is 4.39 Å². The van der Waals surface area contributed by atoms with Crippen molar-refractivity contribution < 1.29 is 19.1 Å². The number of benzene rings is 1. The van der Waals surface area contributed by atoms with Crippen molar-refractivity contribution in [2.45, 2.75) is 44.4 Å². The fraction of sp³-hybridized carbons (Fsp3) is 0.360. The number of nitrogens with zero attached hydrogens (tertiary/aromatic N) is 5. The Hall–Kier alpha value is -3.37. The quantitative estimate of drug-likeness (QED) is 0.553. The molecule has 10 heteroatoms. The van der Waals surface area contributed by atoms with Gasteiger partial charge in [-0.25, -0.2) is 14.2 Å². The zero-order valence-electron chi connectivity index (χ0n) is 20.1. The summed E-state index contributed by atoms with van der Waals surface area (Å²) < 4.78 is 16.9. The van der Waals surface area contributed by atoms with Crippen LogP contribution in [0.15, 0.2) is 48.7 Å². The summed E-state index contributed by atoms with van der Waals surface area (Å²) in [6.07, 6.45) is 5.58. The van der Waals surface area contributed by atoms with Crippen molar-refractivity contribution >= 4 is 29.3 Å². The Bertz CT molecular complexity index is 1250. The van der Waals surface area contributed by atoms with E-state index < -0.39 is 34.8 Å². The number of rotatable bonds is 6. The van der Waals surface area contributed by atoms with E-state index in [0.717, 1.165) is 0 Å². The number of hydrogen-bond acceptors (Lipinski definition) is 6. The molecular formula is C25H28FN5O3S. The van der Waals surface area contributed by atoms with Gasteiger partial charge in [0.15, 0.2) is 5.54 Å². The van der Waals surface area contributed by atoms with E-state index >= 15 is 4.39 Å². The molecule has 1 aliphatic rings. The summed E-state index contributed by atoms with van der Waals surface area (Å²) in [7, 11) is 1.75. The van der Waals surface area contributed by atoms with Crippen LogP contribution < -0.4 is 0 Å². The fourth-order valence-corrected chi connectivity index (χ4v) is 5.63. The lowest BCUT2D eigenvalue weighted by Gasteiger charge is -2.36. The molecule has 0 aliphatic carbocycles. The molecule has 0 spiro atoms. The summed E-state index contributed by atoms with van der Waals surface area (Å²) in [5.41, 5.74) is -1.19. The first kappa shape index (κ1) is 24.7. The molecule has 1 saturated heterocycles. The van der Waals surface area contributed by atoms with Crippen molar-refractivity contribution in [2.24, 2.45) is 0 Å². The number of carbonyl (C=O) groups is 2. The van der Waals surface area contributed by atoms with E-state index in [1.54, 1.807) is 48.1 Å². The van der Waals surface area contributed by atoms with Crippen LogP contribution in [-0.2, 0) is 16.8 Å². The number of carboxylic acid groups (broad SMARTS) is 1. The molecule has 0 bridgehead atoms. The molecule has 0 radical (unpaired) electrons. The van der Waals surface area contributed by atoms with Crippen molar-refractivity contribution in [3.8, 4) is 0 Å². The summed E-state index contributed by atoms with van der Waals surface area (Å²) in [5, 5.41) is 17.0. The SMILES string of the molecule is C=Cc1cc(C(=O)N2C(c3nccs3)N(C)CC2(Cn2cccn2)C(=O)O)cc(F)c1C(C)(C)C. The van der Waals surface area contributed by atoms with Crippen LogP contribution in [0.3, 0.4) is 0 Å². The molecular weight excluding hydrogens is 469 g/mol. The summed E-state index contributed by atoms with van der Waals surface area (Å²) in [6, 6.07) is 4.46. The van der Waals surface area contributed by atoms with Gasteiger partial charge in [0.1, 0.15) is 17.0 Å². The topological polar surface area (TPSA) is 91.6 Å². The number of hydrogen-bond donors (Lipinski definition) is 1. The van der Waals surface area contributed by atoms with Crippen molar-refractivity contribution in [1.29, 1.82) is 0 Å². The third-order valence-corrected chi connectivity index (χ3v) is 7.06. The number of carboxylic acids is 1. The van der Waals surface area contributed by atoms with Gasteiger partial charge >= 0.3 is 5.97 Å². The number of carbonyl (C=O) groups excluding carboxylic acids is 1. The lowest BCUT2D eigenvalue weighted by Crippen LogP contribution is -2.58. The molecule has 1 N–H and O–H groups in total. The van der Waals surface area contributed by atoms with E-state index in [1.807, 2.05) is 20.8 Å². The Labute approximate surface area is 207 Å². The summed E-state index contributed by atoms with van der Waals surface area (Å²) in [4.78, 5) is 34.4. The van der Waals surface area contributed by atoms with Gasteiger partial charge in [-0.1, -0.05) is 33.4 Å². The highest BCUT2D eigenvalue weighted by Gasteiger charge is 2.58. The average Bonchev–Trinajstić information content (AvgIpc) is 3.53. The Morgan fingerprint density at radius 1 is 1.34 bits per heavy atom. The Kier molecular flexibility index (Phi) is 6.37. The first-order valence-corrected chi connectivity index (χ1v) is 12.0. The van der Waals surface area contributed by atoms with E-state index in [2.05, 4.69) is 16.7 Å². The monoisotopic (exact) mass is 497 g/mol. The molecule has 4 rings (SSSR count). The van der Waals surface area contributed by atoms with Crippen LogP contribution in [0.5, 0.6) is 0 Å². The molecule has 1 fully saturated rings. The molecule has 3 heterocycles. The van der Waals surface area contributed by atoms with Crippen LogP contribution in [-0.4, -0.2) is 60.7 Å². The maximum atomic E-state index is 15.4. The highest BCUT2D eigenvalue weighted by molar-refractivity contribution is 7.09. The zero-order chi connectivity index (χ0) is 25.5. The van der Waals surface area contributed by atoms with Gasteiger partial charge in [-0.2, -0.15) is 5.10 Å². The van der Waals surface area contributed by atoms with Gasteiger partial charge in [0.2, 0.25) is 0 Å². The lowest BCUT2D eigenvalue weighted by molar-refractivity contribution is -0.149. The van der Waals surface area contributed by atoms with Gasteiger partial charge < -0.3 is 5.11 Å². The van der Waals surface area contributed by atoms with E-state index in [9.17, 15) is 14.7 Å². The first-order valence-electron chi connectivity index (χ1n) is 11.1. The third-order valence-electron chi connectivity index (χ3n) is 6.24. The molecule has 184 valence electrons. The molecule has 2 atom stereocenters. The lowest BCUT2D eigenvalue weighted by atomic mass is 9.82. The second kappa shape index (κ2) is 9.01. The number of thiazole rings is 1. The smallest absolute Gasteiger partial charge is 0.333 e. The normalized spacial score (nSPS) is 20.8. The van der Waals surface area contributed by atoms with E-state index in [4.69, 9.17) is 0 Å². The highest BCUT2D eigenvalue weighted by atomic mass is 32.1. The summed E-state index contributed by atoms with van der Waals surface area (Å²) in [6.45, 7) is 9.41. The summed E-state index contributed by atoms with van der Waals surface area (Å²) in [5.74, 6) is -2.32. The van der Waals surface area contributed by atoms with Crippen LogP contribution in [0.25, 0.3) is 6.08 Å². The third kappa shape index (κ3) is 4.28. The van der Waals surface area contributed by atoms with Crippen molar-refractivity contribution in [2.75, 3.05) is 13.6 Å². The van der Waals surface area contributed by atoms with Crippen molar-refractivity contribution in [3.05, 3.63) is 76.3 Å². The molecule has 1 amide bonds. The standard InChI is InChI=1S/C25H28FN5O3S/c1-6-16-12-17(13-18(26)19(16)24(2,3)4)22(32)31-21(20-27-9-11-35-20)29(5)14-25(31,23(33)34)15-30-10-7-8-28-30/h6-13,21H,1,14-15H2,2-5H3,(H,33,34). The van der Waals surface area contributed by atoms with E-state index in [-0.39, 0.29) is 18.7 Å². The van der Waals surface area contributed by atoms with Crippen LogP contribution in [0, 0.1) is 5.82 Å². The summed E-state index contributed by atoms with van der Waals surface area (Å²) >= 11 is 1.33. The largest absolute Gasteiger partial charge is 0.479 e. The Balaban J connectivity index is 1.90. The maximum absolute atomic E-state index is 15.4. The molecule has 3 aromatic rings. The Morgan fingerprint density at radius 3 is 2.63 bits per heavy atom. The van der Waals surface area contributed by atoms with Gasteiger partial charge in [-0.05, 0) is 36.2 Å². The molecule has 0 saturated carbocycles. The van der Waals surface area contributed by atoms with E-state index in [1.165, 1.54) is 33.1 Å². The minimum Gasteiger partial charge on any atom is -0.479 e. The molecule has 1 aromatic carbocycles. The van der Waals surface area contributed by atoms with E-state index in [0.29, 0.717) is 16.1 Å². The number of likely N-dealkylation sites (N-methyl/N-ethyl adjacent to an activating group) is 1. The minimum atomic E-state index is -1.66. The van der Waals surface area contributed by atoms with Crippen LogP contribution in [0.2, 0.25) is 0 Å². The Morgan fingerprint density at radius 2 is 2.09 bits per heavy atom. The van der Waals surface area contributed by atoms with Gasteiger partial charge in [0, 0.05) is 41.6 Å². The highest BCUT2D eigenvalue weighted by Crippen LogP contribution is 2.42. The second-order valence-electron chi connectivity index (χ2n) is 9.75. The van der Waals surface area contributed by atoms with Gasteiger partial charge in [0.25, 0.3) is 5.91 Å². The maximum Gasteiger partial charge on any atom is 0.333 e. The van der Waals surface area contributed by atoms with Crippen molar-refractivity contribution in [1.82, 2.24) is 24.6 Å². The number of aromatic nitrogens is 3. The average molecular weight is 498 g/mol. The number of aliphatic carboxylic acids is 1. The molecule has 35 heavy (non-hydrogen) atoms. The fourth-order valence-electron chi connectivity index (χ4n) is 4.84.